The molecule has 5 rings (SSSR count). The fourth-order valence-electron chi connectivity index (χ4n) is 6.42. The molecular formula is C34H47N7O4. The van der Waals surface area contributed by atoms with Crippen LogP contribution in [0.15, 0.2) is 35.4 Å². The number of carbonyl (C=O) groups is 2. The maximum absolute atomic E-state index is 13.7. The Labute approximate surface area is 265 Å². The summed E-state index contributed by atoms with van der Waals surface area (Å²) in [6.45, 7) is 13.3. The number of ether oxygens (including phenoxy) is 1. The van der Waals surface area contributed by atoms with Gasteiger partial charge in [-0.1, -0.05) is 0 Å². The van der Waals surface area contributed by atoms with E-state index in [0.717, 1.165) is 105 Å². The summed E-state index contributed by atoms with van der Waals surface area (Å²) < 4.78 is 7.42. The van der Waals surface area contributed by atoms with Crippen LogP contribution >= 0.6 is 0 Å². The normalized spacial score (nSPS) is 18.8. The van der Waals surface area contributed by atoms with Gasteiger partial charge < -0.3 is 25.7 Å². The molecule has 11 nitrogen and oxygen atoms in total. The number of pyridine rings is 1. The van der Waals surface area contributed by atoms with E-state index in [1.165, 1.54) is 0 Å². The van der Waals surface area contributed by atoms with Crippen molar-refractivity contribution in [1.29, 1.82) is 0 Å². The number of H-pyrrole nitrogens is 1. The summed E-state index contributed by atoms with van der Waals surface area (Å²) in [6.07, 6.45) is 7.90. The topological polar surface area (TPSA) is 133 Å². The minimum atomic E-state index is -0.229. The molecule has 242 valence electrons. The number of hydrogen-bond donors (Lipinski definition) is 4. The Morgan fingerprint density at radius 2 is 1.78 bits per heavy atom. The molecule has 1 aliphatic carbocycles. The highest BCUT2D eigenvalue weighted by Crippen LogP contribution is 2.31. The van der Waals surface area contributed by atoms with Gasteiger partial charge in [0.15, 0.2) is 0 Å². The van der Waals surface area contributed by atoms with Crippen LogP contribution in [0.5, 0.6) is 0 Å². The van der Waals surface area contributed by atoms with E-state index in [-0.39, 0.29) is 30.0 Å². The second-order valence-corrected chi connectivity index (χ2v) is 12.6. The number of aromatic nitrogens is 3. The number of morpholine rings is 1. The highest BCUT2D eigenvalue weighted by atomic mass is 16.5. The minimum Gasteiger partial charge on any atom is -0.385 e. The number of aryl methyl sites for hydroxylation is 2. The number of nitrogens with zero attached hydrogens (tertiary/aromatic N) is 3. The predicted molar refractivity (Wildman–Crippen MR) is 175 cm³/mol. The number of hydrogen-bond acceptors (Lipinski definition) is 7. The van der Waals surface area contributed by atoms with Crippen LogP contribution in [0.2, 0.25) is 0 Å². The average Bonchev–Trinajstić information content (AvgIpc) is 3.49. The Balaban J connectivity index is 1.33. The molecule has 45 heavy (non-hydrogen) atoms. The van der Waals surface area contributed by atoms with Gasteiger partial charge in [0.1, 0.15) is 0 Å². The Kier molecular flexibility index (Phi) is 10.7. The number of rotatable bonds is 11. The first kappa shape index (κ1) is 32.4. The van der Waals surface area contributed by atoms with Crippen molar-refractivity contribution in [3.63, 3.8) is 0 Å². The fourth-order valence-corrected chi connectivity index (χ4v) is 6.42. The van der Waals surface area contributed by atoms with Crippen molar-refractivity contribution >= 4 is 17.5 Å². The lowest BCUT2D eigenvalue weighted by Gasteiger charge is -2.29. The molecular weight excluding hydrogens is 570 g/mol. The number of carbonyl (C=O) groups excluding carboxylic acids is 2. The van der Waals surface area contributed by atoms with Crippen LogP contribution in [0.4, 0.5) is 5.69 Å². The number of benzene rings is 1. The lowest BCUT2D eigenvalue weighted by atomic mass is 9.86. The third kappa shape index (κ3) is 8.61. The van der Waals surface area contributed by atoms with E-state index in [2.05, 4.69) is 37.0 Å². The summed E-state index contributed by atoms with van der Waals surface area (Å²) in [5.41, 5.74) is 6.19. The van der Waals surface area contributed by atoms with Crippen molar-refractivity contribution in [3.05, 3.63) is 68.9 Å². The molecule has 0 unspecified atom stereocenters. The molecule has 1 saturated carbocycles. The zero-order valence-electron chi connectivity index (χ0n) is 27.0. The average molecular weight is 618 g/mol. The molecule has 0 radical (unpaired) electrons. The highest BCUT2D eigenvalue weighted by Gasteiger charge is 2.23. The van der Waals surface area contributed by atoms with Gasteiger partial charge in [0.05, 0.1) is 26.0 Å². The van der Waals surface area contributed by atoms with Gasteiger partial charge in [0.25, 0.3) is 11.5 Å². The van der Waals surface area contributed by atoms with E-state index in [1.54, 1.807) is 6.92 Å². The summed E-state index contributed by atoms with van der Waals surface area (Å²) >= 11 is 0. The molecule has 0 bridgehead atoms. The fraction of sp³-hybridized carbons (Fsp3) is 0.529. The molecule has 2 fully saturated rings. The van der Waals surface area contributed by atoms with E-state index in [9.17, 15) is 14.4 Å². The Hall–Kier alpha value is -3.96. The van der Waals surface area contributed by atoms with Gasteiger partial charge in [-0.2, -0.15) is 5.10 Å². The van der Waals surface area contributed by atoms with E-state index in [1.807, 2.05) is 50.0 Å². The van der Waals surface area contributed by atoms with Crippen LogP contribution in [0.3, 0.4) is 0 Å². The molecule has 3 heterocycles. The summed E-state index contributed by atoms with van der Waals surface area (Å²) in [5.74, 6) is 0.281. The van der Waals surface area contributed by atoms with Crippen molar-refractivity contribution in [2.75, 3.05) is 44.7 Å². The van der Waals surface area contributed by atoms with Crippen molar-refractivity contribution in [1.82, 2.24) is 30.3 Å². The summed E-state index contributed by atoms with van der Waals surface area (Å²) in [4.78, 5) is 42.9. The van der Waals surface area contributed by atoms with Gasteiger partial charge in [0.2, 0.25) is 5.91 Å². The Morgan fingerprint density at radius 3 is 2.49 bits per heavy atom. The SMILES string of the molecule is CC(=O)NC1CCC(CNc2cc(-c3cnn(CCN4CCOCC4)c3)cc(C(=O)NCc3c(C)cc(C)[nH]c3=O)c2C)CC1. The maximum atomic E-state index is 13.7. The van der Waals surface area contributed by atoms with E-state index in [4.69, 9.17) is 4.74 Å². The molecule has 1 saturated heterocycles. The van der Waals surface area contributed by atoms with Crippen molar-refractivity contribution in [2.24, 2.45) is 5.92 Å². The van der Waals surface area contributed by atoms with Gasteiger partial charge in [-0.15, -0.1) is 0 Å². The number of nitrogens with one attached hydrogen (secondary N) is 4. The smallest absolute Gasteiger partial charge is 0.253 e. The van der Waals surface area contributed by atoms with Crippen molar-refractivity contribution in [3.8, 4) is 11.1 Å². The first-order valence-electron chi connectivity index (χ1n) is 16.1. The second kappa shape index (κ2) is 14.9. The first-order chi connectivity index (χ1) is 21.7. The van der Waals surface area contributed by atoms with E-state index >= 15 is 0 Å². The second-order valence-electron chi connectivity index (χ2n) is 12.6. The van der Waals surface area contributed by atoms with Gasteiger partial charge in [-0.05, 0) is 87.3 Å². The molecule has 2 aliphatic rings. The van der Waals surface area contributed by atoms with Crippen molar-refractivity contribution < 1.29 is 14.3 Å². The summed E-state index contributed by atoms with van der Waals surface area (Å²) in [7, 11) is 0. The van der Waals surface area contributed by atoms with Crippen LogP contribution in [0.25, 0.3) is 11.1 Å². The summed E-state index contributed by atoms with van der Waals surface area (Å²) in [6, 6.07) is 6.19. The molecule has 3 aromatic rings. The van der Waals surface area contributed by atoms with Gasteiger partial charge in [0, 0.05) is 80.0 Å². The van der Waals surface area contributed by atoms with E-state index < -0.39 is 0 Å². The third-order valence-electron chi connectivity index (χ3n) is 9.12. The molecule has 1 aliphatic heterocycles. The summed E-state index contributed by atoms with van der Waals surface area (Å²) in [5, 5.41) is 14.3. The highest BCUT2D eigenvalue weighted by molar-refractivity contribution is 5.98. The van der Waals surface area contributed by atoms with Gasteiger partial charge in [-0.25, -0.2) is 0 Å². The molecule has 0 spiro atoms. The van der Waals surface area contributed by atoms with E-state index in [0.29, 0.717) is 17.0 Å². The standard InChI is InChI=1S/C34H47N7O4/c1-22-15-23(2)38-34(44)31(22)20-36-33(43)30-16-27(28-19-37-41(21-28)10-9-40-11-13-45-14-12-40)17-32(24(30)3)35-18-26-5-7-29(8-6-26)39-25(4)42/h15-17,19,21,26,29,35H,5-14,18,20H2,1-4H3,(H,36,43)(H,38,44)(H,39,42). The molecule has 1 aromatic carbocycles. The molecule has 2 aromatic heterocycles. The third-order valence-corrected chi connectivity index (χ3v) is 9.12. The predicted octanol–water partition coefficient (Wildman–Crippen LogP) is 3.53. The monoisotopic (exact) mass is 617 g/mol. The number of anilines is 1. The largest absolute Gasteiger partial charge is 0.385 e. The Bertz CT molecular complexity index is 1550. The van der Waals surface area contributed by atoms with Crippen LogP contribution in [-0.4, -0.2) is 76.9 Å². The molecule has 11 heteroatoms. The lowest BCUT2D eigenvalue weighted by Crippen LogP contribution is -2.38. The Morgan fingerprint density at radius 1 is 1.02 bits per heavy atom. The number of amides is 2. The minimum absolute atomic E-state index is 0.0291. The molecule has 4 N–H and O–H groups in total. The zero-order chi connectivity index (χ0) is 31.9. The van der Waals surface area contributed by atoms with Gasteiger partial charge >= 0.3 is 0 Å². The van der Waals surface area contributed by atoms with Crippen LogP contribution < -0.4 is 21.5 Å². The first-order valence-corrected chi connectivity index (χ1v) is 16.1. The molecule has 2 amide bonds. The lowest BCUT2D eigenvalue weighted by molar-refractivity contribution is -0.119. The zero-order valence-corrected chi connectivity index (χ0v) is 27.0. The number of aromatic amines is 1. The molecule has 0 atom stereocenters. The quantitative estimate of drug-likeness (QED) is 0.259. The van der Waals surface area contributed by atoms with Crippen molar-refractivity contribution in [2.45, 2.75) is 72.5 Å². The van der Waals surface area contributed by atoms with Crippen LogP contribution in [0.1, 0.15) is 65.3 Å². The van der Waals surface area contributed by atoms with Crippen LogP contribution in [0, 0.1) is 26.7 Å². The van der Waals surface area contributed by atoms with Gasteiger partial charge in [-0.3, -0.25) is 24.0 Å². The van der Waals surface area contributed by atoms with Crippen LogP contribution in [-0.2, 0) is 22.6 Å². The maximum Gasteiger partial charge on any atom is 0.253 e.